The van der Waals surface area contributed by atoms with Crippen LogP contribution in [0.2, 0.25) is 9.36 Å². The van der Waals surface area contributed by atoms with Crippen LogP contribution >= 0.6 is 46.3 Å². The number of carbonyl (C=O) groups is 1. The fraction of sp³-hybridized carbons (Fsp3) is 0.462. The molecular weight excluding hydrogens is 349 g/mol. The van der Waals surface area contributed by atoms with E-state index < -0.39 is 0 Å². The predicted molar refractivity (Wildman–Crippen MR) is 92.3 cm³/mol. The minimum Gasteiger partial charge on any atom is -0.351 e. The smallest absolute Gasteiger partial charge is 0.267 e. The largest absolute Gasteiger partial charge is 0.351 e. The molecule has 0 aromatic carbocycles. The second-order valence-electron chi connectivity index (χ2n) is 4.85. The molecular formula is C13H15Cl2N3OS2. The van der Waals surface area contributed by atoms with Crippen LogP contribution in [0, 0.1) is 0 Å². The van der Waals surface area contributed by atoms with Crippen molar-refractivity contribution >= 4 is 62.4 Å². The van der Waals surface area contributed by atoms with E-state index in [0.29, 0.717) is 26.8 Å². The minimum atomic E-state index is -0.0978. The number of aromatic amines is 1. The van der Waals surface area contributed by atoms with Gasteiger partial charge < -0.3 is 15.6 Å². The summed E-state index contributed by atoms with van der Waals surface area (Å²) in [5.41, 5.74) is 1.27. The lowest BCUT2D eigenvalue weighted by molar-refractivity contribution is 0.0949. The van der Waals surface area contributed by atoms with Crippen molar-refractivity contribution in [3.05, 3.63) is 21.1 Å². The van der Waals surface area contributed by atoms with Crippen molar-refractivity contribution in [3.8, 4) is 0 Å². The van der Waals surface area contributed by atoms with E-state index in [0.717, 1.165) is 35.5 Å². The van der Waals surface area contributed by atoms with E-state index in [4.69, 9.17) is 23.2 Å². The Bertz CT molecular complexity index is 649. The number of thiophene rings is 1. The molecule has 2 aromatic heterocycles. The Morgan fingerprint density at radius 2 is 2.33 bits per heavy atom. The highest BCUT2D eigenvalue weighted by molar-refractivity contribution is 8.00. The Balaban J connectivity index is 1.56. The monoisotopic (exact) mass is 363 g/mol. The van der Waals surface area contributed by atoms with Crippen LogP contribution in [0.3, 0.4) is 0 Å². The quantitative estimate of drug-likeness (QED) is 0.780. The van der Waals surface area contributed by atoms with E-state index in [1.165, 1.54) is 11.3 Å². The summed E-state index contributed by atoms with van der Waals surface area (Å²) < 4.78 is 1.45. The number of nitrogens with one attached hydrogen (secondary N) is 3. The Hall–Kier alpha value is -0.400. The second-order valence-corrected chi connectivity index (χ2v) is 8.29. The van der Waals surface area contributed by atoms with Crippen LogP contribution in [0.15, 0.2) is 6.07 Å². The summed E-state index contributed by atoms with van der Waals surface area (Å²) in [4.78, 5) is 15.2. The molecule has 0 aliphatic carbocycles. The van der Waals surface area contributed by atoms with Gasteiger partial charge in [0.1, 0.15) is 10.0 Å². The van der Waals surface area contributed by atoms with Gasteiger partial charge in [0.15, 0.2) is 0 Å². The molecule has 0 radical (unpaired) electrons. The molecule has 3 rings (SSSR count). The summed E-state index contributed by atoms with van der Waals surface area (Å²) in [6.45, 7) is 2.78. The molecule has 1 amide bonds. The van der Waals surface area contributed by atoms with Crippen molar-refractivity contribution in [2.45, 2.75) is 11.7 Å². The van der Waals surface area contributed by atoms with Crippen molar-refractivity contribution in [2.24, 2.45) is 0 Å². The highest BCUT2D eigenvalue weighted by atomic mass is 35.5. The Morgan fingerprint density at radius 1 is 1.48 bits per heavy atom. The molecule has 1 aliphatic heterocycles. The molecule has 1 fully saturated rings. The van der Waals surface area contributed by atoms with Gasteiger partial charge in [0.2, 0.25) is 0 Å². The van der Waals surface area contributed by atoms with Crippen LogP contribution in [0.25, 0.3) is 10.2 Å². The molecule has 114 valence electrons. The number of aromatic nitrogens is 1. The topological polar surface area (TPSA) is 56.9 Å². The van der Waals surface area contributed by atoms with E-state index in [2.05, 4.69) is 15.6 Å². The standard InChI is InChI=1S/C13H15Cl2N3OS2/c14-10-11-9(21-12(10)15)5-8(18-11)13(19)17-2-1-7-6-16-3-4-20-7/h5,7,16,18H,1-4,6H2,(H,17,19). The van der Waals surface area contributed by atoms with Crippen molar-refractivity contribution in [1.82, 2.24) is 15.6 Å². The number of rotatable bonds is 4. The molecule has 2 aromatic rings. The fourth-order valence-electron chi connectivity index (χ4n) is 2.29. The van der Waals surface area contributed by atoms with Gasteiger partial charge in [-0.05, 0) is 12.5 Å². The summed E-state index contributed by atoms with van der Waals surface area (Å²) in [6, 6.07) is 1.80. The van der Waals surface area contributed by atoms with Crippen LogP contribution in [-0.2, 0) is 0 Å². The predicted octanol–water partition coefficient (Wildman–Crippen LogP) is 3.36. The number of hydrogen-bond donors (Lipinski definition) is 3. The third-order valence-corrected chi connectivity index (χ3v) is 6.62. The highest BCUT2D eigenvalue weighted by Gasteiger charge is 2.17. The summed E-state index contributed by atoms with van der Waals surface area (Å²) in [5.74, 6) is 1.05. The van der Waals surface area contributed by atoms with Crippen molar-refractivity contribution < 1.29 is 4.79 Å². The van der Waals surface area contributed by atoms with Gasteiger partial charge in [-0.15, -0.1) is 11.3 Å². The number of halogens is 2. The summed E-state index contributed by atoms with van der Waals surface area (Å²) in [7, 11) is 0. The first-order valence-corrected chi connectivity index (χ1v) is 9.34. The van der Waals surface area contributed by atoms with E-state index in [1.54, 1.807) is 6.07 Å². The average molecular weight is 364 g/mol. The molecule has 1 saturated heterocycles. The van der Waals surface area contributed by atoms with Crippen molar-refractivity contribution in [3.63, 3.8) is 0 Å². The van der Waals surface area contributed by atoms with Gasteiger partial charge in [-0.2, -0.15) is 11.8 Å². The zero-order chi connectivity index (χ0) is 14.8. The lowest BCUT2D eigenvalue weighted by Crippen LogP contribution is -2.35. The maximum absolute atomic E-state index is 12.1. The SMILES string of the molecule is O=C(NCCC1CNCCS1)c1cc2sc(Cl)c(Cl)c2[nH]1. The molecule has 8 heteroatoms. The molecule has 1 unspecified atom stereocenters. The van der Waals surface area contributed by atoms with Crippen LogP contribution in [-0.4, -0.2) is 41.5 Å². The normalized spacial score (nSPS) is 19.0. The molecule has 0 bridgehead atoms. The van der Waals surface area contributed by atoms with Gasteiger partial charge in [0.25, 0.3) is 5.91 Å². The van der Waals surface area contributed by atoms with Crippen LogP contribution in [0.1, 0.15) is 16.9 Å². The number of thioether (sulfide) groups is 1. The third kappa shape index (κ3) is 3.51. The van der Waals surface area contributed by atoms with Gasteiger partial charge in [0.05, 0.1) is 15.2 Å². The molecule has 4 nitrogen and oxygen atoms in total. The second kappa shape index (κ2) is 6.79. The molecule has 0 saturated carbocycles. The summed E-state index contributed by atoms with van der Waals surface area (Å²) in [5, 5.41) is 7.38. The van der Waals surface area contributed by atoms with Crippen LogP contribution in [0.5, 0.6) is 0 Å². The van der Waals surface area contributed by atoms with Gasteiger partial charge in [-0.1, -0.05) is 23.2 Å². The minimum absolute atomic E-state index is 0.0978. The van der Waals surface area contributed by atoms with Gasteiger partial charge in [-0.3, -0.25) is 4.79 Å². The summed E-state index contributed by atoms with van der Waals surface area (Å²) >= 11 is 15.4. The van der Waals surface area contributed by atoms with Crippen molar-refractivity contribution in [1.29, 1.82) is 0 Å². The highest BCUT2D eigenvalue weighted by Crippen LogP contribution is 2.38. The molecule has 1 atom stereocenters. The number of H-pyrrole nitrogens is 1. The van der Waals surface area contributed by atoms with Crippen LogP contribution < -0.4 is 10.6 Å². The maximum Gasteiger partial charge on any atom is 0.267 e. The lowest BCUT2D eigenvalue weighted by atomic mass is 10.3. The molecule has 3 heterocycles. The summed E-state index contributed by atoms with van der Waals surface area (Å²) in [6.07, 6.45) is 0.977. The number of carbonyl (C=O) groups excluding carboxylic acids is 1. The maximum atomic E-state index is 12.1. The van der Waals surface area contributed by atoms with E-state index >= 15 is 0 Å². The van der Waals surface area contributed by atoms with E-state index in [1.807, 2.05) is 11.8 Å². The Kier molecular flexibility index (Phi) is 5.01. The van der Waals surface area contributed by atoms with Crippen molar-refractivity contribution in [2.75, 3.05) is 25.4 Å². The number of amides is 1. The first kappa shape index (κ1) is 15.5. The van der Waals surface area contributed by atoms with Crippen LogP contribution in [0.4, 0.5) is 0 Å². The first-order chi connectivity index (χ1) is 10.1. The zero-order valence-corrected chi connectivity index (χ0v) is 14.3. The Labute approximate surface area is 141 Å². The Morgan fingerprint density at radius 3 is 3.05 bits per heavy atom. The fourth-order valence-corrected chi connectivity index (χ4v) is 4.89. The number of fused-ring (bicyclic) bond motifs is 1. The molecule has 21 heavy (non-hydrogen) atoms. The number of hydrogen-bond acceptors (Lipinski definition) is 4. The van der Waals surface area contributed by atoms with E-state index in [-0.39, 0.29) is 5.91 Å². The van der Waals surface area contributed by atoms with Gasteiger partial charge in [0, 0.05) is 30.6 Å². The van der Waals surface area contributed by atoms with E-state index in [9.17, 15) is 4.79 Å². The van der Waals surface area contributed by atoms with Gasteiger partial charge >= 0.3 is 0 Å². The molecule has 1 aliphatic rings. The third-order valence-electron chi connectivity index (χ3n) is 3.37. The molecule has 3 N–H and O–H groups in total. The van der Waals surface area contributed by atoms with Gasteiger partial charge in [-0.25, -0.2) is 0 Å². The first-order valence-electron chi connectivity index (χ1n) is 6.72. The zero-order valence-electron chi connectivity index (χ0n) is 11.2. The molecule has 0 spiro atoms. The lowest BCUT2D eigenvalue weighted by Gasteiger charge is -2.22. The average Bonchev–Trinajstić information content (AvgIpc) is 3.01.